The zero-order chi connectivity index (χ0) is 27.1. The third-order valence-corrected chi connectivity index (χ3v) is 8.05. The maximum absolute atomic E-state index is 13.8. The lowest BCUT2D eigenvalue weighted by Crippen LogP contribution is -2.49. The molecule has 1 fully saturated rings. The maximum atomic E-state index is 13.8. The minimum absolute atomic E-state index is 0.159. The number of likely N-dealkylation sites (tertiary alicyclic amines) is 1. The highest BCUT2D eigenvalue weighted by atomic mass is 32.1. The van der Waals surface area contributed by atoms with Crippen molar-refractivity contribution >= 4 is 56.5 Å². The van der Waals surface area contributed by atoms with Gasteiger partial charge in [0, 0.05) is 25.3 Å². The van der Waals surface area contributed by atoms with E-state index >= 15 is 0 Å². The number of piperidine rings is 1. The zero-order valence-electron chi connectivity index (χ0n) is 20.8. The van der Waals surface area contributed by atoms with Crippen LogP contribution in [0.3, 0.4) is 0 Å². The van der Waals surface area contributed by atoms with Gasteiger partial charge in [0.2, 0.25) is 5.91 Å². The fraction of sp³-hybridized carbons (Fsp3) is 0.172. The number of amides is 4. The summed E-state index contributed by atoms with van der Waals surface area (Å²) in [6, 6.07) is 14.7. The molecule has 4 heterocycles. The highest BCUT2D eigenvalue weighted by Crippen LogP contribution is 2.46. The van der Waals surface area contributed by atoms with Gasteiger partial charge in [-0.25, -0.2) is 14.2 Å². The number of carbonyl (C=O) groups is 3. The van der Waals surface area contributed by atoms with E-state index in [0.29, 0.717) is 50.8 Å². The summed E-state index contributed by atoms with van der Waals surface area (Å²) in [7, 11) is 0. The van der Waals surface area contributed by atoms with E-state index < -0.39 is 6.03 Å². The molecule has 1 atom stereocenters. The van der Waals surface area contributed by atoms with Gasteiger partial charge in [0.05, 0.1) is 22.4 Å². The monoisotopic (exact) mass is 541 g/mol. The molecular formula is C29H24FN5O3S. The van der Waals surface area contributed by atoms with Gasteiger partial charge in [0.1, 0.15) is 15.5 Å². The van der Waals surface area contributed by atoms with Gasteiger partial charge in [0.25, 0.3) is 5.91 Å². The Bertz CT molecular complexity index is 1650. The van der Waals surface area contributed by atoms with Crippen LogP contribution in [0.15, 0.2) is 73.4 Å². The predicted octanol–water partition coefficient (Wildman–Crippen LogP) is 5.69. The van der Waals surface area contributed by atoms with Crippen LogP contribution in [0.1, 0.15) is 22.5 Å². The van der Waals surface area contributed by atoms with Crippen molar-refractivity contribution in [3.05, 3.63) is 84.1 Å². The minimum atomic E-state index is -0.417. The zero-order valence-corrected chi connectivity index (χ0v) is 21.6. The van der Waals surface area contributed by atoms with E-state index in [1.54, 1.807) is 29.3 Å². The van der Waals surface area contributed by atoms with Gasteiger partial charge in [0.15, 0.2) is 0 Å². The number of halogens is 1. The van der Waals surface area contributed by atoms with Crippen molar-refractivity contribution in [2.24, 2.45) is 0 Å². The molecular weight excluding hydrogens is 517 g/mol. The molecule has 39 heavy (non-hydrogen) atoms. The number of aromatic nitrogens is 1. The van der Waals surface area contributed by atoms with Crippen LogP contribution < -0.4 is 15.5 Å². The lowest BCUT2D eigenvalue weighted by atomic mass is 10.0. The Morgan fingerprint density at radius 3 is 2.74 bits per heavy atom. The number of hydrogen-bond donors (Lipinski definition) is 2. The predicted molar refractivity (Wildman–Crippen MR) is 150 cm³/mol. The summed E-state index contributed by atoms with van der Waals surface area (Å²) in [6.45, 7) is 4.58. The van der Waals surface area contributed by atoms with E-state index in [2.05, 4.69) is 22.2 Å². The molecule has 2 N–H and O–H groups in total. The van der Waals surface area contributed by atoms with Crippen LogP contribution in [0.4, 0.5) is 26.2 Å². The molecule has 10 heteroatoms. The Labute approximate surface area is 227 Å². The normalized spacial score (nSPS) is 16.6. The van der Waals surface area contributed by atoms with Crippen molar-refractivity contribution in [3.8, 4) is 11.1 Å². The van der Waals surface area contributed by atoms with Crippen molar-refractivity contribution in [2.75, 3.05) is 23.3 Å². The number of rotatable bonds is 5. The number of hydrogen-bond acceptors (Lipinski definition) is 5. The lowest BCUT2D eigenvalue weighted by Gasteiger charge is -2.32. The van der Waals surface area contributed by atoms with Gasteiger partial charge in [-0.05, 0) is 60.4 Å². The molecule has 6 rings (SSSR count). The summed E-state index contributed by atoms with van der Waals surface area (Å²) in [6.07, 6.45) is 4.41. The molecule has 0 spiro atoms. The lowest BCUT2D eigenvalue weighted by molar-refractivity contribution is -0.127. The highest BCUT2D eigenvalue weighted by molar-refractivity contribution is 7.21. The molecule has 196 valence electrons. The molecule has 0 unspecified atom stereocenters. The van der Waals surface area contributed by atoms with E-state index in [-0.39, 0.29) is 23.7 Å². The number of carbonyl (C=O) groups excluding carboxylic acids is 3. The topological polar surface area (TPSA) is 94.6 Å². The van der Waals surface area contributed by atoms with Gasteiger partial charge < -0.3 is 15.5 Å². The molecule has 0 saturated carbocycles. The van der Waals surface area contributed by atoms with Gasteiger partial charge in [-0.1, -0.05) is 30.8 Å². The summed E-state index contributed by atoms with van der Waals surface area (Å²) in [5, 5.41) is 6.61. The average molecular weight is 542 g/mol. The van der Waals surface area contributed by atoms with Crippen molar-refractivity contribution in [2.45, 2.75) is 18.9 Å². The van der Waals surface area contributed by atoms with Crippen LogP contribution in [-0.2, 0) is 4.79 Å². The summed E-state index contributed by atoms with van der Waals surface area (Å²) in [4.78, 5) is 47.6. The highest BCUT2D eigenvalue weighted by Gasteiger charge is 2.34. The molecule has 2 aliphatic rings. The summed E-state index contributed by atoms with van der Waals surface area (Å²) >= 11 is 1.21. The largest absolute Gasteiger partial charge is 0.347 e. The molecule has 4 amide bonds. The first-order valence-electron chi connectivity index (χ1n) is 12.5. The fourth-order valence-corrected chi connectivity index (χ4v) is 6.19. The Balaban J connectivity index is 1.33. The van der Waals surface area contributed by atoms with Crippen molar-refractivity contribution in [1.29, 1.82) is 0 Å². The SMILES string of the molecule is C=CC(=O)N1CCC[C@@H](NC(=O)c2sc3nccc4c3c2NC(=O)N4c2cccc(-c3cccc(F)c3)c2)C1. The van der Waals surface area contributed by atoms with Crippen LogP contribution in [-0.4, -0.2) is 46.9 Å². The molecule has 2 aromatic heterocycles. The van der Waals surface area contributed by atoms with E-state index in [9.17, 15) is 18.8 Å². The Kier molecular flexibility index (Phi) is 6.32. The van der Waals surface area contributed by atoms with Gasteiger partial charge in [-0.15, -0.1) is 11.3 Å². The van der Waals surface area contributed by atoms with Crippen molar-refractivity contribution < 1.29 is 18.8 Å². The molecule has 2 aromatic carbocycles. The summed E-state index contributed by atoms with van der Waals surface area (Å²) in [5.41, 5.74) is 3.08. The van der Waals surface area contributed by atoms with Gasteiger partial charge >= 0.3 is 6.03 Å². The molecule has 0 bridgehead atoms. The standard InChI is InChI=1S/C29H24FN5O3S/c1-2-23(36)34-13-5-9-20(16-34)32-27(37)26-25-24-22(11-12-31-28(24)39-26)35(29(38)33-25)21-10-4-7-18(15-21)17-6-3-8-19(30)14-17/h2-4,6-8,10-12,14-15,20H,1,5,9,13,16H2,(H,32,37)(H,33,38)/t20-/m1/s1. The van der Waals surface area contributed by atoms with E-state index in [1.807, 2.05) is 24.3 Å². The average Bonchev–Trinajstić information content (AvgIpc) is 3.32. The van der Waals surface area contributed by atoms with Crippen LogP contribution >= 0.6 is 11.3 Å². The molecule has 4 aromatic rings. The van der Waals surface area contributed by atoms with E-state index in [1.165, 1.54) is 34.4 Å². The summed E-state index contributed by atoms with van der Waals surface area (Å²) in [5.74, 6) is -0.821. The molecule has 0 aliphatic carbocycles. The van der Waals surface area contributed by atoms with Crippen LogP contribution in [0.5, 0.6) is 0 Å². The smallest absolute Gasteiger partial charge is 0.331 e. The second-order valence-corrected chi connectivity index (χ2v) is 10.4. The maximum Gasteiger partial charge on any atom is 0.331 e. The Morgan fingerprint density at radius 1 is 1.15 bits per heavy atom. The van der Waals surface area contributed by atoms with E-state index in [4.69, 9.17) is 0 Å². The summed E-state index contributed by atoms with van der Waals surface area (Å²) < 4.78 is 13.8. The quantitative estimate of drug-likeness (QED) is 0.317. The van der Waals surface area contributed by atoms with Crippen LogP contribution in [0.25, 0.3) is 21.3 Å². The third kappa shape index (κ3) is 4.52. The number of nitrogens with one attached hydrogen (secondary N) is 2. The first-order valence-corrected chi connectivity index (χ1v) is 13.4. The number of thiophene rings is 1. The first kappa shape index (κ1) is 24.7. The molecule has 1 saturated heterocycles. The third-order valence-electron chi connectivity index (χ3n) is 6.96. The molecule has 2 aliphatic heterocycles. The van der Waals surface area contributed by atoms with E-state index in [0.717, 1.165) is 18.4 Å². The second-order valence-electron chi connectivity index (χ2n) is 9.44. The minimum Gasteiger partial charge on any atom is -0.347 e. The first-order chi connectivity index (χ1) is 18.9. The van der Waals surface area contributed by atoms with Gasteiger partial charge in [-0.3, -0.25) is 14.5 Å². The number of benzene rings is 2. The Morgan fingerprint density at radius 2 is 1.95 bits per heavy atom. The second kappa shape index (κ2) is 9.95. The van der Waals surface area contributed by atoms with Gasteiger partial charge in [-0.2, -0.15) is 0 Å². The van der Waals surface area contributed by atoms with Crippen molar-refractivity contribution in [3.63, 3.8) is 0 Å². The Hall–Kier alpha value is -4.57. The number of nitrogens with zero attached hydrogens (tertiary/aromatic N) is 3. The molecule has 8 nitrogen and oxygen atoms in total. The number of urea groups is 1. The number of anilines is 3. The van der Waals surface area contributed by atoms with Crippen LogP contribution in [0.2, 0.25) is 0 Å². The fourth-order valence-electron chi connectivity index (χ4n) is 5.17. The van der Waals surface area contributed by atoms with Crippen LogP contribution in [0, 0.1) is 5.82 Å². The molecule has 0 radical (unpaired) electrons. The number of pyridine rings is 1. The van der Waals surface area contributed by atoms with Crippen molar-refractivity contribution in [1.82, 2.24) is 15.2 Å².